The number of carbonyl (C=O) groups is 1. The molecule has 0 saturated heterocycles. The summed E-state index contributed by atoms with van der Waals surface area (Å²) < 4.78 is 1.88. The maximum absolute atomic E-state index is 12.2. The Bertz CT molecular complexity index is 1170. The van der Waals surface area contributed by atoms with E-state index in [1.165, 1.54) is 0 Å². The smallest absolute Gasteiger partial charge is 0.246 e. The molecule has 132 valence electrons. The minimum absolute atomic E-state index is 0.107. The predicted molar refractivity (Wildman–Crippen MR) is 105 cm³/mol. The normalized spacial score (nSPS) is 13.8. The van der Waals surface area contributed by atoms with Gasteiger partial charge in [0.2, 0.25) is 5.91 Å². The van der Waals surface area contributed by atoms with Gasteiger partial charge in [-0.3, -0.25) is 14.5 Å². The van der Waals surface area contributed by atoms with Gasteiger partial charge in [0.1, 0.15) is 6.54 Å². The Labute approximate surface area is 155 Å². The van der Waals surface area contributed by atoms with Gasteiger partial charge >= 0.3 is 0 Å². The highest BCUT2D eigenvalue weighted by atomic mass is 16.1. The molecule has 0 fully saturated rings. The van der Waals surface area contributed by atoms with Crippen LogP contribution in [0.25, 0.3) is 10.9 Å². The summed E-state index contributed by atoms with van der Waals surface area (Å²) in [6.07, 6.45) is 3.71. The standard InChI is InChI=1S/C21H17N5O/c27-18-12-22-19(21-20(25-18)16-7-1-2-8-17(16)24-21)15-6-3-5-14(11-15)13-26-10-4-9-23-26/h1-11,24H,12-13H2,(H,25,27). The van der Waals surface area contributed by atoms with E-state index in [0.29, 0.717) is 6.54 Å². The number of carbonyl (C=O) groups excluding carboxylic acids is 1. The molecule has 2 aromatic carbocycles. The minimum Gasteiger partial charge on any atom is -0.351 e. The average Bonchev–Trinajstić information content (AvgIpc) is 3.27. The highest BCUT2D eigenvalue weighted by Crippen LogP contribution is 2.31. The molecule has 6 nitrogen and oxygen atoms in total. The molecule has 0 aliphatic carbocycles. The van der Waals surface area contributed by atoms with Crippen LogP contribution in [-0.2, 0) is 11.3 Å². The summed E-state index contributed by atoms with van der Waals surface area (Å²) in [7, 11) is 0. The summed E-state index contributed by atoms with van der Waals surface area (Å²) in [6.45, 7) is 0.792. The Morgan fingerprint density at radius 1 is 1.07 bits per heavy atom. The van der Waals surface area contributed by atoms with Gasteiger partial charge in [-0.05, 0) is 23.8 Å². The fourth-order valence-corrected chi connectivity index (χ4v) is 3.49. The summed E-state index contributed by atoms with van der Waals surface area (Å²) in [5.41, 5.74) is 5.51. The highest BCUT2D eigenvalue weighted by Gasteiger charge is 2.22. The lowest BCUT2D eigenvalue weighted by molar-refractivity contribution is -0.114. The fraction of sp³-hybridized carbons (Fsp3) is 0.0952. The zero-order valence-electron chi connectivity index (χ0n) is 14.5. The lowest BCUT2D eigenvalue weighted by Crippen LogP contribution is -2.13. The van der Waals surface area contributed by atoms with Crippen LogP contribution in [0.1, 0.15) is 16.8 Å². The summed E-state index contributed by atoms with van der Waals surface area (Å²) in [5, 5.41) is 8.26. The van der Waals surface area contributed by atoms with Crippen molar-refractivity contribution in [2.45, 2.75) is 6.54 Å². The number of anilines is 1. The maximum atomic E-state index is 12.2. The van der Waals surface area contributed by atoms with E-state index in [4.69, 9.17) is 0 Å². The SMILES string of the molecule is O=C1CN=C(c2cccc(Cn3cccn3)c2)c2[nH]c3ccccc3c2N1. The number of aromatic nitrogens is 3. The number of fused-ring (bicyclic) bond motifs is 3. The molecule has 2 N–H and O–H groups in total. The largest absolute Gasteiger partial charge is 0.351 e. The third-order valence-electron chi connectivity index (χ3n) is 4.69. The van der Waals surface area contributed by atoms with Gasteiger partial charge in [0.05, 0.1) is 23.6 Å². The van der Waals surface area contributed by atoms with Crippen LogP contribution in [0.5, 0.6) is 0 Å². The molecule has 0 spiro atoms. The quantitative estimate of drug-likeness (QED) is 0.592. The van der Waals surface area contributed by atoms with E-state index in [0.717, 1.165) is 39.1 Å². The molecule has 2 aromatic heterocycles. The van der Waals surface area contributed by atoms with Crippen LogP contribution < -0.4 is 5.32 Å². The molecule has 5 rings (SSSR count). The van der Waals surface area contributed by atoms with Gasteiger partial charge in [-0.1, -0.05) is 36.4 Å². The fourth-order valence-electron chi connectivity index (χ4n) is 3.49. The first-order chi connectivity index (χ1) is 13.3. The lowest BCUT2D eigenvalue weighted by atomic mass is 10.0. The van der Waals surface area contributed by atoms with E-state index in [9.17, 15) is 4.79 Å². The van der Waals surface area contributed by atoms with Crippen molar-refractivity contribution >= 4 is 28.2 Å². The topological polar surface area (TPSA) is 75.1 Å². The van der Waals surface area contributed by atoms with Crippen molar-refractivity contribution in [1.82, 2.24) is 14.8 Å². The molecule has 0 bridgehead atoms. The molecular weight excluding hydrogens is 338 g/mol. The van der Waals surface area contributed by atoms with Crippen LogP contribution in [0, 0.1) is 0 Å². The summed E-state index contributed by atoms with van der Waals surface area (Å²) in [5.74, 6) is -0.108. The first-order valence-electron chi connectivity index (χ1n) is 8.80. The van der Waals surface area contributed by atoms with Crippen LogP contribution in [0.3, 0.4) is 0 Å². The van der Waals surface area contributed by atoms with Crippen LogP contribution in [0.2, 0.25) is 0 Å². The van der Waals surface area contributed by atoms with Crippen molar-refractivity contribution in [3.8, 4) is 0 Å². The number of rotatable bonds is 3. The number of H-pyrrole nitrogens is 1. The molecule has 0 radical (unpaired) electrons. The van der Waals surface area contributed by atoms with Gasteiger partial charge in [0.25, 0.3) is 0 Å². The Kier molecular flexibility index (Phi) is 3.60. The summed E-state index contributed by atoms with van der Waals surface area (Å²) in [6, 6.07) is 18.1. The Hall–Kier alpha value is -3.67. The molecule has 6 heteroatoms. The maximum Gasteiger partial charge on any atom is 0.246 e. The lowest BCUT2D eigenvalue weighted by Gasteiger charge is -2.08. The molecule has 4 aromatic rings. The zero-order chi connectivity index (χ0) is 18.2. The van der Waals surface area contributed by atoms with Crippen molar-refractivity contribution in [3.63, 3.8) is 0 Å². The molecule has 27 heavy (non-hydrogen) atoms. The van der Waals surface area contributed by atoms with E-state index in [1.54, 1.807) is 6.20 Å². The van der Waals surface area contributed by atoms with E-state index in [1.807, 2.05) is 53.3 Å². The molecule has 1 aliphatic heterocycles. The Balaban J connectivity index is 1.62. The zero-order valence-corrected chi connectivity index (χ0v) is 14.5. The van der Waals surface area contributed by atoms with Gasteiger partial charge < -0.3 is 10.3 Å². The van der Waals surface area contributed by atoms with Crippen LogP contribution in [0.15, 0.2) is 72.0 Å². The average molecular weight is 355 g/mol. The molecule has 1 amide bonds. The van der Waals surface area contributed by atoms with Crippen molar-refractivity contribution < 1.29 is 4.79 Å². The second-order valence-corrected chi connectivity index (χ2v) is 6.54. The number of hydrogen-bond acceptors (Lipinski definition) is 3. The van der Waals surface area contributed by atoms with E-state index in [2.05, 4.69) is 32.5 Å². The highest BCUT2D eigenvalue weighted by molar-refractivity contribution is 6.22. The summed E-state index contributed by atoms with van der Waals surface area (Å²) >= 11 is 0. The molecule has 0 unspecified atom stereocenters. The van der Waals surface area contributed by atoms with Crippen molar-refractivity contribution in [1.29, 1.82) is 0 Å². The number of benzene rings is 2. The van der Waals surface area contributed by atoms with Crippen LogP contribution in [-0.4, -0.2) is 32.9 Å². The number of para-hydroxylation sites is 1. The van der Waals surface area contributed by atoms with Crippen molar-refractivity contribution in [2.24, 2.45) is 4.99 Å². The van der Waals surface area contributed by atoms with Crippen molar-refractivity contribution in [3.05, 3.63) is 83.8 Å². The predicted octanol–water partition coefficient (Wildman–Crippen LogP) is 3.20. The number of hydrogen-bond donors (Lipinski definition) is 2. The van der Waals surface area contributed by atoms with Gasteiger partial charge in [0.15, 0.2) is 0 Å². The number of amides is 1. The third-order valence-corrected chi connectivity index (χ3v) is 4.69. The monoisotopic (exact) mass is 355 g/mol. The van der Waals surface area contributed by atoms with E-state index in [-0.39, 0.29) is 12.5 Å². The van der Waals surface area contributed by atoms with E-state index < -0.39 is 0 Å². The first-order valence-corrected chi connectivity index (χ1v) is 8.80. The van der Waals surface area contributed by atoms with Gasteiger partial charge in [0, 0.05) is 28.9 Å². The number of nitrogens with zero attached hydrogens (tertiary/aromatic N) is 3. The second-order valence-electron chi connectivity index (χ2n) is 6.54. The van der Waals surface area contributed by atoms with Gasteiger partial charge in [-0.15, -0.1) is 0 Å². The molecular formula is C21H17N5O. The van der Waals surface area contributed by atoms with Gasteiger partial charge in [-0.25, -0.2) is 0 Å². The molecule has 3 heterocycles. The molecule has 0 atom stereocenters. The van der Waals surface area contributed by atoms with Crippen molar-refractivity contribution in [2.75, 3.05) is 11.9 Å². The molecule has 1 aliphatic rings. The molecule has 0 saturated carbocycles. The van der Waals surface area contributed by atoms with Crippen LogP contribution >= 0.6 is 0 Å². The summed E-state index contributed by atoms with van der Waals surface area (Å²) in [4.78, 5) is 20.2. The number of nitrogens with one attached hydrogen (secondary N) is 2. The van der Waals surface area contributed by atoms with Crippen LogP contribution in [0.4, 0.5) is 5.69 Å². The third kappa shape index (κ3) is 2.81. The van der Waals surface area contributed by atoms with Gasteiger partial charge in [-0.2, -0.15) is 5.10 Å². The number of aromatic amines is 1. The Morgan fingerprint density at radius 3 is 2.89 bits per heavy atom. The number of aliphatic imine (C=N–C) groups is 1. The second kappa shape index (κ2) is 6.25. The Morgan fingerprint density at radius 2 is 2.00 bits per heavy atom. The minimum atomic E-state index is -0.108. The first kappa shape index (κ1) is 15.6. The van der Waals surface area contributed by atoms with E-state index >= 15 is 0 Å².